The van der Waals surface area contributed by atoms with Gasteiger partial charge in [0.15, 0.2) is 0 Å². The molecule has 0 unspecified atom stereocenters. The minimum absolute atomic E-state index is 0.144. The van der Waals surface area contributed by atoms with Gasteiger partial charge in [-0.25, -0.2) is 0 Å². The average molecular weight is 431 g/mol. The van der Waals surface area contributed by atoms with E-state index in [-0.39, 0.29) is 11.8 Å². The Morgan fingerprint density at radius 3 is 2.52 bits per heavy atom. The Morgan fingerprint density at radius 1 is 0.935 bits per heavy atom. The number of carbonyl (C=O) groups excluding carboxylic acids is 2. The van der Waals surface area contributed by atoms with Crippen LogP contribution in [-0.2, 0) is 0 Å². The van der Waals surface area contributed by atoms with Crippen LogP contribution in [-0.4, -0.2) is 32.0 Å². The summed E-state index contributed by atoms with van der Waals surface area (Å²) in [5, 5.41) is 6.99. The summed E-state index contributed by atoms with van der Waals surface area (Å²) < 4.78 is 5.79. The molecule has 0 atom stereocenters. The van der Waals surface area contributed by atoms with E-state index in [4.69, 9.17) is 4.74 Å². The number of hydrogen-bond acceptors (Lipinski definition) is 4. The fourth-order valence-corrected chi connectivity index (χ4v) is 4.02. The van der Waals surface area contributed by atoms with Crippen LogP contribution in [0, 0.1) is 0 Å². The molecule has 1 heterocycles. The van der Waals surface area contributed by atoms with Gasteiger partial charge in [0.2, 0.25) is 0 Å². The molecule has 0 saturated carbocycles. The zero-order chi connectivity index (χ0) is 21.6. The Kier molecular flexibility index (Phi) is 6.29. The number of thiophene rings is 1. The number of amides is 2. The molecule has 1 N–H and O–H groups in total. The minimum Gasteiger partial charge on any atom is -0.492 e. The topological polar surface area (TPSA) is 58.6 Å². The smallest absolute Gasteiger partial charge is 0.268 e. The molecule has 31 heavy (non-hydrogen) atoms. The second-order valence-electron chi connectivity index (χ2n) is 6.97. The lowest BCUT2D eigenvalue weighted by molar-refractivity contribution is 0.0947. The average Bonchev–Trinajstić information content (AvgIpc) is 3.35. The number of anilines is 1. The molecule has 2 amide bonds. The molecule has 4 aromatic rings. The van der Waals surface area contributed by atoms with Gasteiger partial charge in [-0.3, -0.25) is 9.59 Å². The molecular weight excluding hydrogens is 408 g/mol. The normalized spacial score (nSPS) is 10.6. The first-order chi connectivity index (χ1) is 15.1. The van der Waals surface area contributed by atoms with Gasteiger partial charge in [0.05, 0.1) is 22.7 Å². The third kappa shape index (κ3) is 4.75. The Bertz CT molecular complexity index is 1200. The van der Waals surface area contributed by atoms with Crippen LogP contribution in [0.3, 0.4) is 0 Å². The Morgan fingerprint density at radius 2 is 1.71 bits per heavy atom. The molecule has 6 heteroatoms. The summed E-state index contributed by atoms with van der Waals surface area (Å²) in [4.78, 5) is 27.6. The number of nitrogens with zero attached hydrogens (tertiary/aromatic N) is 1. The van der Waals surface area contributed by atoms with Gasteiger partial charge in [0, 0.05) is 7.05 Å². The Labute approximate surface area is 184 Å². The van der Waals surface area contributed by atoms with Crippen molar-refractivity contribution in [1.29, 1.82) is 0 Å². The number of nitrogens with one attached hydrogen (secondary N) is 1. The van der Waals surface area contributed by atoms with Gasteiger partial charge in [0.1, 0.15) is 12.4 Å². The number of rotatable bonds is 7. The predicted octanol–water partition coefficient (Wildman–Crippen LogP) is 4.99. The molecule has 3 aromatic carbocycles. The van der Waals surface area contributed by atoms with Gasteiger partial charge in [-0.1, -0.05) is 48.5 Å². The summed E-state index contributed by atoms with van der Waals surface area (Å²) in [7, 11) is 1.68. The zero-order valence-corrected chi connectivity index (χ0v) is 17.9. The van der Waals surface area contributed by atoms with Crippen LogP contribution >= 0.6 is 11.3 Å². The van der Waals surface area contributed by atoms with Crippen molar-refractivity contribution >= 4 is 39.6 Å². The van der Waals surface area contributed by atoms with Crippen molar-refractivity contribution in [2.45, 2.75) is 0 Å². The first kappa shape index (κ1) is 20.6. The van der Waals surface area contributed by atoms with Crippen LogP contribution in [0.4, 0.5) is 5.69 Å². The second kappa shape index (κ2) is 9.45. The number of hydrogen-bond donors (Lipinski definition) is 1. The first-order valence-corrected chi connectivity index (χ1v) is 10.8. The van der Waals surface area contributed by atoms with E-state index in [1.165, 1.54) is 16.2 Å². The molecule has 0 aliphatic carbocycles. The lowest BCUT2D eigenvalue weighted by Gasteiger charge is -2.20. The number of fused-ring (bicyclic) bond motifs is 1. The molecule has 5 nitrogen and oxygen atoms in total. The summed E-state index contributed by atoms with van der Waals surface area (Å²) in [6.07, 6.45) is 0. The van der Waals surface area contributed by atoms with E-state index in [0.29, 0.717) is 29.3 Å². The van der Waals surface area contributed by atoms with E-state index >= 15 is 0 Å². The number of carbonyl (C=O) groups is 2. The first-order valence-electron chi connectivity index (χ1n) is 9.94. The van der Waals surface area contributed by atoms with Crippen molar-refractivity contribution in [2.75, 3.05) is 25.1 Å². The summed E-state index contributed by atoms with van der Waals surface area (Å²) in [6.45, 7) is 0.693. The molecule has 156 valence electrons. The van der Waals surface area contributed by atoms with E-state index < -0.39 is 0 Å². The monoisotopic (exact) mass is 430 g/mol. The molecule has 0 spiro atoms. The van der Waals surface area contributed by atoms with Crippen molar-refractivity contribution in [3.05, 3.63) is 94.7 Å². The van der Waals surface area contributed by atoms with Crippen LogP contribution in [0.5, 0.6) is 5.75 Å². The molecule has 0 aliphatic rings. The van der Waals surface area contributed by atoms with Gasteiger partial charge in [-0.15, -0.1) is 11.3 Å². The van der Waals surface area contributed by atoms with Crippen LogP contribution < -0.4 is 15.0 Å². The minimum atomic E-state index is -0.247. The lowest BCUT2D eigenvalue weighted by atomic mass is 10.1. The third-order valence-corrected chi connectivity index (χ3v) is 5.78. The van der Waals surface area contributed by atoms with E-state index in [2.05, 4.69) is 11.4 Å². The number of benzene rings is 3. The largest absolute Gasteiger partial charge is 0.492 e. The van der Waals surface area contributed by atoms with Crippen molar-refractivity contribution in [2.24, 2.45) is 0 Å². The highest BCUT2D eigenvalue weighted by molar-refractivity contribution is 7.12. The maximum Gasteiger partial charge on any atom is 0.268 e. The standard InChI is InChI=1S/C25H22N2O3S/c1-27(25(29)23-11-6-16-31-23)22-10-5-4-9-21(22)24(28)26-14-15-30-20-13-12-18-7-2-3-8-19(18)17-20/h2-13,16-17H,14-15H2,1H3,(H,26,28). The van der Waals surface area contributed by atoms with Crippen molar-refractivity contribution < 1.29 is 14.3 Å². The SMILES string of the molecule is CN(C(=O)c1cccs1)c1ccccc1C(=O)NCCOc1ccc2ccccc2c1. The van der Waals surface area contributed by atoms with Gasteiger partial charge in [-0.05, 0) is 46.5 Å². The zero-order valence-electron chi connectivity index (χ0n) is 17.1. The molecule has 0 radical (unpaired) electrons. The van der Waals surface area contributed by atoms with Crippen molar-refractivity contribution in [3.63, 3.8) is 0 Å². The highest BCUT2D eigenvalue weighted by atomic mass is 32.1. The van der Waals surface area contributed by atoms with E-state index in [1.807, 2.05) is 53.9 Å². The molecule has 0 aliphatic heterocycles. The van der Waals surface area contributed by atoms with Gasteiger partial charge in [-0.2, -0.15) is 0 Å². The molecule has 0 saturated heterocycles. The fourth-order valence-electron chi connectivity index (χ4n) is 3.32. The van der Waals surface area contributed by atoms with E-state index in [0.717, 1.165) is 16.5 Å². The molecule has 0 fully saturated rings. The second-order valence-corrected chi connectivity index (χ2v) is 7.92. The van der Waals surface area contributed by atoms with E-state index in [1.54, 1.807) is 31.3 Å². The number of para-hydroxylation sites is 1. The van der Waals surface area contributed by atoms with Crippen molar-refractivity contribution in [1.82, 2.24) is 5.32 Å². The Hall–Kier alpha value is -3.64. The van der Waals surface area contributed by atoms with Crippen molar-refractivity contribution in [3.8, 4) is 5.75 Å². The predicted molar refractivity (Wildman–Crippen MR) is 125 cm³/mol. The maximum atomic E-state index is 12.8. The lowest BCUT2D eigenvalue weighted by Crippen LogP contribution is -2.32. The summed E-state index contributed by atoms with van der Waals surface area (Å²) in [5.74, 6) is 0.369. The van der Waals surface area contributed by atoms with Crippen LogP contribution in [0.1, 0.15) is 20.0 Å². The van der Waals surface area contributed by atoms with Crippen LogP contribution in [0.15, 0.2) is 84.2 Å². The third-order valence-electron chi connectivity index (χ3n) is 4.92. The van der Waals surface area contributed by atoms with Gasteiger partial charge in [0.25, 0.3) is 11.8 Å². The Balaban J connectivity index is 1.37. The van der Waals surface area contributed by atoms with Crippen LogP contribution in [0.25, 0.3) is 10.8 Å². The fraction of sp³-hybridized carbons (Fsp3) is 0.120. The van der Waals surface area contributed by atoms with Gasteiger partial charge < -0.3 is 15.0 Å². The quantitative estimate of drug-likeness (QED) is 0.421. The summed E-state index contributed by atoms with van der Waals surface area (Å²) >= 11 is 1.38. The van der Waals surface area contributed by atoms with E-state index in [9.17, 15) is 9.59 Å². The molecular formula is C25H22N2O3S. The molecule has 0 bridgehead atoms. The summed E-state index contributed by atoms with van der Waals surface area (Å²) in [6, 6.07) is 24.7. The maximum absolute atomic E-state index is 12.8. The van der Waals surface area contributed by atoms with Gasteiger partial charge >= 0.3 is 0 Å². The number of ether oxygens (including phenoxy) is 1. The van der Waals surface area contributed by atoms with Crippen LogP contribution in [0.2, 0.25) is 0 Å². The molecule has 1 aromatic heterocycles. The highest BCUT2D eigenvalue weighted by Gasteiger charge is 2.20. The highest BCUT2D eigenvalue weighted by Crippen LogP contribution is 2.23. The summed E-state index contributed by atoms with van der Waals surface area (Å²) in [5.41, 5.74) is 1.01. The molecule has 4 rings (SSSR count).